The van der Waals surface area contributed by atoms with Crippen molar-refractivity contribution in [3.63, 3.8) is 0 Å². The van der Waals surface area contributed by atoms with Gasteiger partial charge in [0.1, 0.15) is 23.2 Å². The first kappa shape index (κ1) is 21.2. The number of rotatable bonds is 7. The van der Waals surface area contributed by atoms with Gasteiger partial charge < -0.3 is 26.0 Å². The molecule has 0 atom stereocenters. The SMILES string of the molecule is CCNc1cc(Nc2ccc(NC(=O)Nc3cc(Cl)ccc3OC)cc2)nc(C)n1. The Kier molecular flexibility index (Phi) is 6.92. The second-order valence-electron chi connectivity index (χ2n) is 6.34. The van der Waals surface area contributed by atoms with E-state index in [0.29, 0.717) is 33.8 Å². The van der Waals surface area contributed by atoms with Crippen molar-refractivity contribution in [2.75, 3.05) is 34.9 Å². The van der Waals surface area contributed by atoms with Crippen molar-refractivity contribution in [1.29, 1.82) is 0 Å². The molecule has 9 heteroatoms. The molecule has 0 saturated carbocycles. The van der Waals surface area contributed by atoms with Crippen LogP contribution in [-0.2, 0) is 0 Å². The van der Waals surface area contributed by atoms with Crippen LogP contribution in [0.1, 0.15) is 12.7 Å². The van der Waals surface area contributed by atoms with Crippen LogP contribution in [0.4, 0.5) is 33.5 Å². The quantitative estimate of drug-likeness (QED) is 0.411. The van der Waals surface area contributed by atoms with Gasteiger partial charge in [-0.25, -0.2) is 14.8 Å². The van der Waals surface area contributed by atoms with E-state index in [1.807, 2.05) is 32.0 Å². The largest absolute Gasteiger partial charge is 0.495 e. The van der Waals surface area contributed by atoms with Crippen LogP contribution < -0.4 is 26.0 Å². The number of nitrogens with zero attached hydrogens (tertiary/aromatic N) is 2. The summed E-state index contributed by atoms with van der Waals surface area (Å²) < 4.78 is 5.23. The smallest absolute Gasteiger partial charge is 0.323 e. The number of halogens is 1. The van der Waals surface area contributed by atoms with Crippen LogP contribution in [0, 0.1) is 6.92 Å². The van der Waals surface area contributed by atoms with Crippen LogP contribution in [0.3, 0.4) is 0 Å². The van der Waals surface area contributed by atoms with Crippen molar-refractivity contribution in [2.24, 2.45) is 0 Å². The summed E-state index contributed by atoms with van der Waals surface area (Å²) in [5.74, 6) is 2.64. The van der Waals surface area contributed by atoms with E-state index in [2.05, 4.69) is 31.2 Å². The van der Waals surface area contributed by atoms with Gasteiger partial charge >= 0.3 is 6.03 Å². The zero-order valence-corrected chi connectivity index (χ0v) is 17.7. The molecule has 3 rings (SSSR count). The van der Waals surface area contributed by atoms with E-state index in [4.69, 9.17) is 16.3 Å². The number of aryl methyl sites for hydroxylation is 1. The fourth-order valence-corrected chi connectivity index (χ4v) is 2.92. The Morgan fingerprint density at radius 3 is 2.40 bits per heavy atom. The Hall–Kier alpha value is -3.52. The summed E-state index contributed by atoms with van der Waals surface area (Å²) in [5.41, 5.74) is 1.95. The molecular formula is C21H23ClN6O2. The van der Waals surface area contributed by atoms with Gasteiger partial charge in [0.25, 0.3) is 0 Å². The highest BCUT2D eigenvalue weighted by Crippen LogP contribution is 2.28. The Labute approximate surface area is 180 Å². The fraction of sp³-hybridized carbons (Fsp3) is 0.190. The Morgan fingerprint density at radius 1 is 1.00 bits per heavy atom. The number of benzene rings is 2. The molecule has 2 aromatic carbocycles. The highest BCUT2D eigenvalue weighted by Gasteiger charge is 2.09. The molecule has 4 N–H and O–H groups in total. The summed E-state index contributed by atoms with van der Waals surface area (Å²) >= 11 is 5.99. The number of amides is 2. The van der Waals surface area contributed by atoms with E-state index >= 15 is 0 Å². The standard InChI is InChI=1S/C21H23ClN6O2/c1-4-23-19-12-20(25-13(2)24-19)26-15-6-8-16(9-7-15)27-21(29)28-17-11-14(22)5-10-18(17)30-3/h5-12H,4H2,1-3H3,(H2,27,28,29)(H2,23,24,25,26). The second-order valence-corrected chi connectivity index (χ2v) is 6.78. The van der Waals surface area contributed by atoms with Crippen molar-refractivity contribution in [2.45, 2.75) is 13.8 Å². The van der Waals surface area contributed by atoms with E-state index < -0.39 is 6.03 Å². The normalized spacial score (nSPS) is 10.3. The van der Waals surface area contributed by atoms with Gasteiger partial charge in [0.05, 0.1) is 12.8 Å². The van der Waals surface area contributed by atoms with Gasteiger partial charge in [0.15, 0.2) is 0 Å². The molecule has 2 amide bonds. The second kappa shape index (κ2) is 9.80. The van der Waals surface area contributed by atoms with E-state index in [1.54, 1.807) is 30.3 Å². The number of urea groups is 1. The lowest BCUT2D eigenvalue weighted by atomic mass is 10.2. The van der Waals surface area contributed by atoms with Crippen LogP contribution in [0.2, 0.25) is 5.02 Å². The first-order valence-corrected chi connectivity index (χ1v) is 9.73. The minimum atomic E-state index is -0.405. The van der Waals surface area contributed by atoms with Gasteiger partial charge in [0, 0.05) is 29.0 Å². The molecule has 1 aromatic heterocycles. The topological polar surface area (TPSA) is 100 Å². The minimum absolute atomic E-state index is 0.405. The van der Waals surface area contributed by atoms with Crippen molar-refractivity contribution >= 4 is 46.3 Å². The van der Waals surface area contributed by atoms with E-state index in [9.17, 15) is 4.79 Å². The predicted octanol–water partition coefficient (Wildman–Crippen LogP) is 5.27. The molecule has 0 bridgehead atoms. The van der Waals surface area contributed by atoms with Crippen molar-refractivity contribution in [3.05, 3.63) is 59.4 Å². The van der Waals surface area contributed by atoms with Crippen molar-refractivity contribution < 1.29 is 9.53 Å². The van der Waals surface area contributed by atoms with E-state index in [1.165, 1.54) is 7.11 Å². The molecular weight excluding hydrogens is 404 g/mol. The summed E-state index contributed by atoms with van der Waals surface area (Å²) in [6.45, 7) is 4.63. The number of carbonyl (C=O) groups is 1. The summed E-state index contributed by atoms with van der Waals surface area (Å²) in [6.07, 6.45) is 0. The fourth-order valence-electron chi connectivity index (χ4n) is 2.75. The van der Waals surface area contributed by atoms with Crippen molar-refractivity contribution in [1.82, 2.24) is 9.97 Å². The molecule has 156 valence electrons. The number of anilines is 5. The maximum absolute atomic E-state index is 12.3. The number of hydrogen-bond donors (Lipinski definition) is 4. The third-order valence-electron chi connectivity index (χ3n) is 4.02. The maximum Gasteiger partial charge on any atom is 0.323 e. The molecule has 0 aliphatic heterocycles. The lowest BCUT2D eigenvalue weighted by Gasteiger charge is -2.12. The summed E-state index contributed by atoms with van der Waals surface area (Å²) in [7, 11) is 1.53. The van der Waals surface area contributed by atoms with E-state index in [-0.39, 0.29) is 0 Å². The van der Waals surface area contributed by atoms with Crippen LogP contribution in [0.15, 0.2) is 48.5 Å². The van der Waals surface area contributed by atoms with Gasteiger partial charge in [-0.05, 0) is 56.3 Å². The van der Waals surface area contributed by atoms with Crippen LogP contribution in [0.25, 0.3) is 0 Å². The third kappa shape index (κ3) is 5.74. The monoisotopic (exact) mass is 426 g/mol. The number of carbonyl (C=O) groups excluding carboxylic acids is 1. The van der Waals surface area contributed by atoms with Gasteiger partial charge in [-0.1, -0.05) is 11.6 Å². The summed E-state index contributed by atoms with van der Waals surface area (Å²) in [5, 5.41) is 12.4. The number of ether oxygens (including phenoxy) is 1. The zero-order valence-electron chi connectivity index (χ0n) is 16.9. The molecule has 0 spiro atoms. The molecule has 8 nitrogen and oxygen atoms in total. The Bertz CT molecular complexity index is 1030. The van der Waals surface area contributed by atoms with Crippen LogP contribution >= 0.6 is 11.6 Å². The zero-order chi connectivity index (χ0) is 21.5. The number of aromatic nitrogens is 2. The first-order chi connectivity index (χ1) is 14.5. The highest BCUT2D eigenvalue weighted by atomic mass is 35.5. The molecule has 0 aliphatic rings. The van der Waals surface area contributed by atoms with Gasteiger partial charge in [-0.3, -0.25) is 0 Å². The lowest BCUT2D eigenvalue weighted by molar-refractivity contribution is 0.262. The Morgan fingerprint density at radius 2 is 1.70 bits per heavy atom. The highest BCUT2D eigenvalue weighted by molar-refractivity contribution is 6.31. The maximum atomic E-state index is 12.3. The number of nitrogens with one attached hydrogen (secondary N) is 4. The molecule has 1 heterocycles. The molecule has 3 aromatic rings. The first-order valence-electron chi connectivity index (χ1n) is 9.35. The predicted molar refractivity (Wildman–Crippen MR) is 121 cm³/mol. The molecule has 0 fully saturated rings. The van der Waals surface area contributed by atoms with Gasteiger partial charge in [-0.15, -0.1) is 0 Å². The van der Waals surface area contributed by atoms with Crippen molar-refractivity contribution in [3.8, 4) is 5.75 Å². The molecule has 0 aliphatic carbocycles. The average Bonchev–Trinajstić information content (AvgIpc) is 2.69. The molecule has 30 heavy (non-hydrogen) atoms. The summed E-state index contributed by atoms with van der Waals surface area (Å²) in [6, 6.07) is 13.7. The molecule has 0 unspecified atom stereocenters. The summed E-state index contributed by atoms with van der Waals surface area (Å²) in [4.78, 5) is 21.0. The van der Waals surface area contributed by atoms with Crippen LogP contribution in [0.5, 0.6) is 5.75 Å². The van der Waals surface area contributed by atoms with E-state index in [0.717, 1.165) is 18.1 Å². The number of methoxy groups -OCH3 is 1. The molecule has 0 saturated heterocycles. The third-order valence-corrected chi connectivity index (χ3v) is 4.26. The number of hydrogen-bond acceptors (Lipinski definition) is 6. The van der Waals surface area contributed by atoms with Gasteiger partial charge in [0.2, 0.25) is 0 Å². The Balaban J connectivity index is 1.63. The van der Waals surface area contributed by atoms with Crippen LogP contribution in [-0.4, -0.2) is 29.7 Å². The average molecular weight is 427 g/mol. The minimum Gasteiger partial charge on any atom is -0.495 e. The van der Waals surface area contributed by atoms with Gasteiger partial charge in [-0.2, -0.15) is 0 Å². The lowest BCUT2D eigenvalue weighted by Crippen LogP contribution is -2.19. The molecule has 0 radical (unpaired) electrons.